The number of anilines is 1. The first-order chi connectivity index (χ1) is 17.2. The molecule has 0 saturated heterocycles. The molecule has 0 aliphatic carbocycles. The third-order valence-electron chi connectivity index (χ3n) is 6.04. The summed E-state index contributed by atoms with van der Waals surface area (Å²) in [5, 5.41) is 9.26. The largest absolute Gasteiger partial charge is 0.307 e. The molecule has 6 nitrogen and oxygen atoms in total. The number of carbonyl (C=O) groups is 1. The fourth-order valence-electron chi connectivity index (χ4n) is 4.41. The summed E-state index contributed by atoms with van der Waals surface area (Å²) in [6.07, 6.45) is 3.43. The van der Waals surface area contributed by atoms with Gasteiger partial charge < -0.3 is 4.90 Å². The number of hydrogen-bond acceptors (Lipinski definition) is 5. The van der Waals surface area contributed by atoms with Crippen LogP contribution in [0.25, 0.3) is 22.0 Å². The van der Waals surface area contributed by atoms with Crippen molar-refractivity contribution in [3.05, 3.63) is 107 Å². The summed E-state index contributed by atoms with van der Waals surface area (Å²) in [6, 6.07) is 26.0. The molecule has 7 heteroatoms. The molecular formula is C28H21N5OS. The van der Waals surface area contributed by atoms with Gasteiger partial charge in [0.05, 0.1) is 23.3 Å². The number of fused-ring (bicyclic) bond motifs is 2. The van der Waals surface area contributed by atoms with Crippen LogP contribution in [0, 0.1) is 0 Å². The molecule has 0 atom stereocenters. The van der Waals surface area contributed by atoms with Crippen molar-refractivity contribution < 1.29 is 4.79 Å². The smallest absolute Gasteiger partial charge is 0.279 e. The van der Waals surface area contributed by atoms with E-state index in [1.165, 1.54) is 11.3 Å². The van der Waals surface area contributed by atoms with Crippen molar-refractivity contribution >= 4 is 45.1 Å². The van der Waals surface area contributed by atoms with Gasteiger partial charge in [0.15, 0.2) is 5.71 Å². The number of benzene rings is 3. The molecule has 0 N–H and O–H groups in total. The van der Waals surface area contributed by atoms with Crippen molar-refractivity contribution in [1.29, 1.82) is 0 Å². The molecule has 2 aromatic heterocycles. The summed E-state index contributed by atoms with van der Waals surface area (Å²) >= 11 is 1.48. The Morgan fingerprint density at radius 3 is 2.57 bits per heavy atom. The van der Waals surface area contributed by atoms with Crippen LogP contribution in [0.2, 0.25) is 0 Å². The predicted octanol–water partition coefficient (Wildman–Crippen LogP) is 5.62. The van der Waals surface area contributed by atoms with Gasteiger partial charge in [0.25, 0.3) is 5.91 Å². The van der Waals surface area contributed by atoms with Gasteiger partial charge in [0, 0.05) is 29.2 Å². The zero-order chi connectivity index (χ0) is 23.8. The molecule has 1 aliphatic rings. The summed E-state index contributed by atoms with van der Waals surface area (Å²) in [7, 11) is 0. The highest BCUT2D eigenvalue weighted by molar-refractivity contribution is 7.07. The summed E-state index contributed by atoms with van der Waals surface area (Å²) < 4.78 is 1.79. The summed E-state index contributed by atoms with van der Waals surface area (Å²) in [5.74, 6) is -0.108. The fourth-order valence-corrected chi connectivity index (χ4v) is 5.25. The van der Waals surface area contributed by atoms with Crippen molar-refractivity contribution in [1.82, 2.24) is 9.66 Å². The molecular weight excluding hydrogens is 454 g/mol. The number of rotatable bonds is 4. The topological polar surface area (TPSA) is 62.9 Å². The lowest BCUT2D eigenvalue weighted by Gasteiger charge is -2.13. The Hall–Kier alpha value is -4.36. The van der Waals surface area contributed by atoms with Gasteiger partial charge in [-0.3, -0.25) is 9.78 Å². The first-order valence-electron chi connectivity index (χ1n) is 11.4. The number of carbonyl (C=O) groups excluding carboxylic acids is 1. The zero-order valence-electron chi connectivity index (χ0n) is 19.0. The number of thiazole rings is 1. The molecule has 3 aromatic carbocycles. The van der Waals surface area contributed by atoms with Crippen LogP contribution < -0.4 is 9.70 Å². The van der Waals surface area contributed by atoms with Gasteiger partial charge in [0.1, 0.15) is 0 Å². The molecule has 0 radical (unpaired) electrons. The molecule has 6 rings (SSSR count). The van der Waals surface area contributed by atoms with E-state index in [2.05, 4.69) is 29.2 Å². The Kier molecular flexibility index (Phi) is 5.31. The Bertz CT molecular complexity index is 1660. The van der Waals surface area contributed by atoms with Gasteiger partial charge in [0.2, 0.25) is 4.80 Å². The van der Waals surface area contributed by atoms with Crippen LogP contribution in [-0.4, -0.2) is 27.8 Å². The second-order valence-corrected chi connectivity index (χ2v) is 8.92. The van der Waals surface area contributed by atoms with E-state index in [1.807, 2.05) is 66.9 Å². The Balaban J connectivity index is 1.63. The number of para-hydroxylation sites is 1. The Morgan fingerprint density at radius 2 is 1.71 bits per heavy atom. The SMILES string of the molecule is CCN1C(=O)C(=Nn2c(-c3cccc4ccccc34)csc2=Nc2cccnc2)c2ccccc21. The maximum atomic E-state index is 13.4. The van der Waals surface area contributed by atoms with Crippen molar-refractivity contribution in [2.45, 2.75) is 6.92 Å². The number of hydrogen-bond donors (Lipinski definition) is 0. The summed E-state index contributed by atoms with van der Waals surface area (Å²) in [4.78, 5) is 24.8. The molecule has 0 spiro atoms. The Labute approximate surface area is 206 Å². The minimum Gasteiger partial charge on any atom is -0.307 e. The second-order valence-electron chi connectivity index (χ2n) is 8.08. The zero-order valence-corrected chi connectivity index (χ0v) is 19.8. The van der Waals surface area contributed by atoms with E-state index in [-0.39, 0.29) is 5.91 Å². The normalized spacial score (nSPS) is 14.8. The van der Waals surface area contributed by atoms with Gasteiger partial charge in [-0.1, -0.05) is 60.7 Å². The van der Waals surface area contributed by atoms with E-state index in [1.54, 1.807) is 22.0 Å². The second kappa shape index (κ2) is 8.77. The fraction of sp³-hybridized carbons (Fsp3) is 0.0714. The van der Waals surface area contributed by atoms with E-state index in [0.29, 0.717) is 17.1 Å². The maximum absolute atomic E-state index is 13.4. The van der Waals surface area contributed by atoms with Crippen molar-refractivity contribution in [3.8, 4) is 11.3 Å². The molecule has 3 heterocycles. The third-order valence-corrected chi connectivity index (χ3v) is 6.85. The highest BCUT2D eigenvalue weighted by Gasteiger charge is 2.33. The van der Waals surface area contributed by atoms with Gasteiger partial charge >= 0.3 is 0 Å². The molecule has 0 bridgehead atoms. The van der Waals surface area contributed by atoms with Crippen LogP contribution in [0.15, 0.2) is 107 Å². The molecule has 1 amide bonds. The van der Waals surface area contributed by atoms with E-state index in [4.69, 9.17) is 10.1 Å². The van der Waals surface area contributed by atoms with Gasteiger partial charge in [-0.05, 0) is 35.9 Å². The predicted molar refractivity (Wildman–Crippen MR) is 141 cm³/mol. The van der Waals surface area contributed by atoms with Crippen LogP contribution in [0.5, 0.6) is 0 Å². The number of likely N-dealkylation sites (N-methyl/N-ethyl adjacent to an activating group) is 1. The quantitative estimate of drug-likeness (QED) is 0.339. The van der Waals surface area contributed by atoms with Crippen molar-refractivity contribution in [2.24, 2.45) is 10.1 Å². The maximum Gasteiger partial charge on any atom is 0.279 e. The first-order valence-corrected chi connectivity index (χ1v) is 12.3. The molecule has 1 aliphatic heterocycles. The molecule has 170 valence electrons. The standard InChI is InChI=1S/C28H21N5OS/c1-2-32-24-15-6-5-13-23(24)26(27(32)34)31-33-25(18-35-28(33)30-20-11-8-16-29-17-20)22-14-7-10-19-9-3-4-12-21(19)22/h3-18H,2H2,1H3. The van der Waals surface area contributed by atoms with Gasteiger partial charge in [-0.25, -0.2) is 9.67 Å². The summed E-state index contributed by atoms with van der Waals surface area (Å²) in [5.41, 5.74) is 4.75. The molecule has 0 saturated carbocycles. The minimum absolute atomic E-state index is 0.108. The summed E-state index contributed by atoms with van der Waals surface area (Å²) in [6.45, 7) is 2.55. The van der Waals surface area contributed by atoms with Crippen molar-refractivity contribution in [2.75, 3.05) is 11.4 Å². The monoisotopic (exact) mass is 475 g/mol. The molecule has 0 fully saturated rings. The van der Waals surface area contributed by atoms with E-state index in [9.17, 15) is 4.79 Å². The number of pyridine rings is 1. The van der Waals surface area contributed by atoms with Gasteiger partial charge in [-0.15, -0.1) is 11.3 Å². The average Bonchev–Trinajstić information content (AvgIpc) is 3.42. The first kappa shape index (κ1) is 21.2. The highest BCUT2D eigenvalue weighted by Crippen LogP contribution is 2.32. The van der Waals surface area contributed by atoms with E-state index in [0.717, 1.165) is 39.0 Å². The van der Waals surface area contributed by atoms with Crippen LogP contribution in [-0.2, 0) is 4.79 Å². The Morgan fingerprint density at radius 1 is 0.914 bits per heavy atom. The van der Waals surface area contributed by atoms with E-state index >= 15 is 0 Å². The molecule has 5 aromatic rings. The third kappa shape index (κ3) is 3.66. The number of amides is 1. The van der Waals surface area contributed by atoms with E-state index < -0.39 is 0 Å². The number of nitrogens with zero attached hydrogens (tertiary/aromatic N) is 5. The lowest BCUT2D eigenvalue weighted by atomic mass is 10.0. The van der Waals surface area contributed by atoms with Crippen LogP contribution >= 0.6 is 11.3 Å². The lowest BCUT2D eigenvalue weighted by Crippen LogP contribution is -2.30. The molecule has 0 unspecified atom stereocenters. The van der Waals surface area contributed by atoms with Crippen molar-refractivity contribution in [3.63, 3.8) is 0 Å². The van der Waals surface area contributed by atoms with Gasteiger partial charge in [-0.2, -0.15) is 5.10 Å². The van der Waals surface area contributed by atoms with Crippen LogP contribution in [0.4, 0.5) is 11.4 Å². The van der Waals surface area contributed by atoms with Crippen LogP contribution in [0.1, 0.15) is 12.5 Å². The average molecular weight is 476 g/mol. The lowest BCUT2D eigenvalue weighted by molar-refractivity contribution is -0.112. The van der Waals surface area contributed by atoms with Crippen LogP contribution in [0.3, 0.4) is 0 Å². The molecule has 35 heavy (non-hydrogen) atoms. The highest BCUT2D eigenvalue weighted by atomic mass is 32.1. The minimum atomic E-state index is -0.108. The number of aromatic nitrogens is 2.